The topological polar surface area (TPSA) is 171 Å². The van der Waals surface area contributed by atoms with Crippen molar-refractivity contribution in [3.05, 3.63) is 61.1 Å². The van der Waals surface area contributed by atoms with Crippen molar-refractivity contribution in [1.29, 1.82) is 0 Å². The van der Waals surface area contributed by atoms with Crippen LogP contribution in [0.1, 0.15) is 6.92 Å². The first-order valence-electron chi connectivity index (χ1n) is 8.87. The van der Waals surface area contributed by atoms with Crippen molar-refractivity contribution in [2.24, 2.45) is 15.2 Å². The van der Waals surface area contributed by atoms with Crippen molar-refractivity contribution in [2.45, 2.75) is 6.92 Å². The number of amides is 1. The van der Waals surface area contributed by atoms with Crippen LogP contribution in [-0.2, 0) is 9.53 Å². The molecule has 0 heterocycles. The van der Waals surface area contributed by atoms with Gasteiger partial charge in [0.15, 0.2) is 12.1 Å². The van der Waals surface area contributed by atoms with Crippen LogP contribution < -0.4 is 10.1 Å². The molecule has 0 unspecified atom stereocenters. The number of carbonyl (C=O) groups is 1. The van der Waals surface area contributed by atoms with E-state index in [1.54, 1.807) is 0 Å². The second-order valence-corrected chi connectivity index (χ2v) is 7.11. The molecular weight excluding hydrogens is 504 g/mol. The van der Waals surface area contributed by atoms with E-state index < -0.39 is 27.1 Å². The number of ether oxygens (including phenoxy) is 2. The van der Waals surface area contributed by atoms with Gasteiger partial charge in [-0.15, -0.1) is 10.2 Å². The average Bonchev–Trinajstić information content (AvgIpc) is 2.76. The molecule has 2 aromatic rings. The van der Waals surface area contributed by atoms with Gasteiger partial charge < -0.3 is 14.8 Å². The van der Waals surface area contributed by atoms with Gasteiger partial charge >= 0.3 is 5.69 Å². The summed E-state index contributed by atoms with van der Waals surface area (Å²) >= 11 is 3.06. The van der Waals surface area contributed by atoms with Crippen molar-refractivity contribution < 1.29 is 24.1 Å². The number of rotatable bonds is 9. The van der Waals surface area contributed by atoms with Gasteiger partial charge in [0.05, 0.1) is 46.0 Å². The van der Waals surface area contributed by atoms with Crippen LogP contribution >= 0.6 is 15.9 Å². The molecule has 1 N–H and O–H groups in total. The van der Waals surface area contributed by atoms with Crippen LogP contribution in [0.3, 0.4) is 0 Å². The Morgan fingerprint density at radius 2 is 1.82 bits per heavy atom. The molecule has 2 rings (SSSR count). The summed E-state index contributed by atoms with van der Waals surface area (Å²) in [5, 5.41) is 33.0. The molecule has 172 valence electrons. The summed E-state index contributed by atoms with van der Waals surface area (Å²) in [5.74, 6) is -0.248. The van der Waals surface area contributed by atoms with E-state index in [0.717, 1.165) is 18.5 Å². The maximum atomic E-state index is 12.0. The summed E-state index contributed by atoms with van der Waals surface area (Å²) in [7, 11) is 2.73. The van der Waals surface area contributed by atoms with Gasteiger partial charge in [0.1, 0.15) is 11.4 Å². The minimum Gasteiger partial charge on any atom is -0.494 e. The van der Waals surface area contributed by atoms with Crippen molar-refractivity contribution >= 4 is 62.4 Å². The molecule has 0 atom stereocenters. The number of aliphatic imine (C=N–C) groups is 1. The van der Waals surface area contributed by atoms with E-state index in [2.05, 4.69) is 43.0 Å². The summed E-state index contributed by atoms with van der Waals surface area (Å²) in [5.41, 5.74) is -0.553. The molecule has 0 fully saturated rings. The summed E-state index contributed by atoms with van der Waals surface area (Å²) in [6, 6.07) is 4.68. The maximum Gasteiger partial charge on any atom is 0.304 e. The third kappa shape index (κ3) is 6.16. The highest BCUT2D eigenvalue weighted by Gasteiger charge is 2.23. The number of nitro groups is 2. The van der Waals surface area contributed by atoms with Crippen molar-refractivity contribution in [3.8, 4) is 5.75 Å². The molecule has 0 aliphatic heterocycles. The van der Waals surface area contributed by atoms with Gasteiger partial charge in [0.25, 0.3) is 11.6 Å². The molecule has 0 aromatic heterocycles. The maximum absolute atomic E-state index is 12.0. The van der Waals surface area contributed by atoms with Gasteiger partial charge in [-0.25, -0.2) is 4.99 Å². The monoisotopic (exact) mass is 520 g/mol. The summed E-state index contributed by atoms with van der Waals surface area (Å²) in [4.78, 5) is 37.0. The number of azo groups is 1. The number of carbonyl (C=O) groups excluding carboxylic acids is 1. The Labute approximate surface area is 195 Å². The molecular formula is C19H17BrN6O7. The number of nitrogens with zero attached hydrogens (tertiary/aromatic N) is 5. The number of benzene rings is 2. The van der Waals surface area contributed by atoms with Crippen LogP contribution in [0, 0.1) is 20.2 Å². The Hall–Kier alpha value is -4.20. The second-order valence-electron chi connectivity index (χ2n) is 6.26. The van der Waals surface area contributed by atoms with E-state index in [1.165, 1.54) is 33.3 Å². The van der Waals surface area contributed by atoms with E-state index in [0.29, 0.717) is 0 Å². The van der Waals surface area contributed by atoms with Crippen molar-refractivity contribution in [2.75, 3.05) is 19.5 Å². The van der Waals surface area contributed by atoms with Gasteiger partial charge in [0, 0.05) is 17.7 Å². The van der Waals surface area contributed by atoms with Crippen molar-refractivity contribution in [1.82, 2.24) is 0 Å². The van der Waals surface area contributed by atoms with Gasteiger partial charge in [0.2, 0.25) is 0 Å². The van der Waals surface area contributed by atoms with E-state index in [9.17, 15) is 25.0 Å². The third-order valence-electron chi connectivity index (χ3n) is 3.92. The lowest BCUT2D eigenvalue weighted by atomic mass is 10.2. The van der Waals surface area contributed by atoms with Crippen LogP contribution in [0.15, 0.2) is 56.1 Å². The molecule has 33 heavy (non-hydrogen) atoms. The zero-order valence-electron chi connectivity index (χ0n) is 17.6. The number of hydrogen-bond acceptors (Lipinski definition) is 10. The van der Waals surface area contributed by atoms with Gasteiger partial charge in [-0.3, -0.25) is 25.0 Å². The fourth-order valence-corrected chi connectivity index (χ4v) is 2.88. The summed E-state index contributed by atoms with van der Waals surface area (Å²) < 4.78 is 10.1. The highest BCUT2D eigenvalue weighted by Crippen LogP contribution is 2.42. The predicted octanol–water partition coefficient (Wildman–Crippen LogP) is 5.51. The highest BCUT2D eigenvalue weighted by molar-refractivity contribution is 9.10. The van der Waals surface area contributed by atoms with Gasteiger partial charge in [-0.05, 0) is 28.9 Å². The molecule has 14 heteroatoms. The Kier molecular flexibility index (Phi) is 8.28. The zero-order valence-corrected chi connectivity index (χ0v) is 19.2. The third-order valence-corrected chi connectivity index (χ3v) is 4.53. The van der Waals surface area contributed by atoms with E-state index >= 15 is 0 Å². The quantitative estimate of drug-likeness (QED) is 0.113. The predicted molar refractivity (Wildman–Crippen MR) is 123 cm³/mol. The first-order valence-corrected chi connectivity index (χ1v) is 9.66. The molecule has 0 saturated heterocycles. The molecule has 0 spiro atoms. The Morgan fingerprint density at radius 3 is 2.36 bits per heavy atom. The number of non-ortho nitro benzene ring substituents is 1. The van der Waals surface area contributed by atoms with Crippen LogP contribution in [0.25, 0.3) is 0 Å². The van der Waals surface area contributed by atoms with Gasteiger partial charge in [-0.2, -0.15) is 0 Å². The Bertz CT molecular complexity index is 1200. The minimum atomic E-state index is -0.813. The van der Waals surface area contributed by atoms with E-state index in [1.807, 2.05) is 0 Å². The second kappa shape index (κ2) is 10.9. The molecule has 1 amide bonds. The number of halogens is 1. The standard InChI is InChI=1S/C19H17BrN6O7/c1-10(2)19(27)22-15-7-13(21-9-32-3)14(8-17(15)33-4)23-24-18-12(20)5-11(25(28)29)6-16(18)26(30)31/h5-9H,1H2,2-4H3,(H,22,27)/b21-9?,24-23+. The van der Waals surface area contributed by atoms with E-state index in [4.69, 9.17) is 9.47 Å². The number of anilines is 1. The Morgan fingerprint density at radius 1 is 1.12 bits per heavy atom. The lowest BCUT2D eigenvalue weighted by Crippen LogP contribution is -2.12. The molecule has 0 aliphatic carbocycles. The minimum absolute atomic E-state index is 0.00796. The Balaban J connectivity index is 2.63. The lowest BCUT2D eigenvalue weighted by molar-refractivity contribution is -0.393. The molecule has 0 aliphatic rings. The summed E-state index contributed by atoms with van der Waals surface area (Å²) in [6.07, 6.45) is 1.11. The van der Waals surface area contributed by atoms with Crippen LogP contribution in [0.2, 0.25) is 0 Å². The first-order chi connectivity index (χ1) is 15.6. The molecule has 0 radical (unpaired) electrons. The first kappa shape index (κ1) is 25.1. The fraction of sp³-hybridized carbons (Fsp3) is 0.158. The fourth-order valence-electron chi connectivity index (χ4n) is 2.36. The van der Waals surface area contributed by atoms with Gasteiger partial charge in [-0.1, -0.05) is 6.58 Å². The normalized spacial score (nSPS) is 10.9. The molecule has 0 bridgehead atoms. The number of nitro benzene ring substituents is 2. The molecule has 2 aromatic carbocycles. The van der Waals surface area contributed by atoms with E-state index in [-0.39, 0.29) is 38.5 Å². The van der Waals surface area contributed by atoms with Crippen LogP contribution in [-0.4, -0.2) is 36.4 Å². The number of nitrogens with one attached hydrogen (secondary N) is 1. The number of methoxy groups -OCH3 is 2. The summed E-state index contributed by atoms with van der Waals surface area (Å²) in [6.45, 7) is 5.10. The lowest BCUT2D eigenvalue weighted by Gasteiger charge is -2.12. The average molecular weight is 521 g/mol. The number of hydrogen-bond donors (Lipinski definition) is 1. The smallest absolute Gasteiger partial charge is 0.304 e. The molecule has 0 saturated carbocycles. The molecule has 13 nitrogen and oxygen atoms in total. The van der Waals surface area contributed by atoms with Crippen LogP contribution in [0.4, 0.5) is 34.1 Å². The van der Waals surface area contributed by atoms with Crippen LogP contribution in [0.5, 0.6) is 5.75 Å². The zero-order chi connectivity index (χ0) is 24.7. The SMILES string of the molecule is C=C(C)C(=O)Nc1cc(N=COC)c(/N=N/c2c(Br)cc([N+](=O)[O-])cc2[N+](=O)[O-])cc1OC. The largest absolute Gasteiger partial charge is 0.494 e. The highest BCUT2D eigenvalue weighted by atomic mass is 79.9. The van der Waals surface area contributed by atoms with Crippen molar-refractivity contribution in [3.63, 3.8) is 0 Å².